The van der Waals surface area contributed by atoms with Crippen LogP contribution < -0.4 is 5.32 Å². The van der Waals surface area contributed by atoms with Gasteiger partial charge in [-0.3, -0.25) is 5.10 Å². The van der Waals surface area contributed by atoms with E-state index in [2.05, 4.69) is 51.5 Å². The van der Waals surface area contributed by atoms with Crippen molar-refractivity contribution < 1.29 is 0 Å². The molecule has 0 unspecified atom stereocenters. The first kappa shape index (κ1) is 12.9. The van der Waals surface area contributed by atoms with Gasteiger partial charge in [-0.15, -0.1) is 0 Å². The Morgan fingerprint density at radius 1 is 1.15 bits per heavy atom. The van der Waals surface area contributed by atoms with E-state index in [0.29, 0.717) is 17.4 Å². The molecular weight excluding hydrogens is 274 g/mol. The molecule has 0 saturated heterocycles. The minimum Gasteiger partial charge on any atom is -0.339 e. The van der Waals surface area contributed by atoms with Crippen LogP contribution in [0.4, 0.5) is 11.5 Å². The molecule has 0 aliphatic carbocycles. The van der Waals surface area contributed by atoms with Crippen LogP contribution in [0.1, 0.15) is 25.3 Å². The first-order valence-corrected chi connectivity index (χ1v) is 6.75. The standard InChI is InChI=1S/C14H14ClN5/c1-8(2)9-3-5-10(6-4-9)17-12-11-7-16-20-13(11)19-14(15)18-12/h3-8H,1-2H3,(H2,16,17,18,19,20). The van der Waals surface area contributed by atoms with Gasteiger partial charge in [0, 0.05) is 5.69 Å². The fraction of sp³-hybridized carbons (Fsp3) is 0.214. The largest absolute Gasteiger partial charge is 0.339 e. The Balaban J connectivity index is 1.94. The second kappa shape index (κ2) is 5.09. The summed E-state index contributed by atoms with van der Waals surface area (Å²) in [6.45, 7) is 4.34. The van der Waals surface area contributed by atoms with E-state index in [1.807, 2.05) is 12.1 Å². The van der Waals surface area contributed by atoms with Gasteiger partial charge in [-0.1, -0.05) is 26.0 Å². The molecule has 3 rings (SSSR count). The van der Waals surface area contributed by atoms with Crippen molar-refractivity contribution in [3.63, 3.8) is 0 Å². The van der Waals surface area contributed by atoms with Crippen molar-refractivity contribution in [3.05, 3.63) is 41.3 Å². The number of nitrogens with zero attached hydrogens (tertiary/aromatic N) is 3. The van der Waals surface area contributed by atoms with Crippen molar-refractivity contribution >= 4 is 34.1 Å². The molecule has 6 heteroatoms. The van der Waals surface area contributed by atoms with E-state index in [-0.39, 0.29) is 5.28 Å². The Labute approximate surface area is 121 Å². The SMILES string of the molecule is CC(C)c1ccc(Nc2nc(Cl)nc3[nH]ncc23)cc1. The molecule has 2 heterocycles. The van der Waals surface area contributed by atoms with E-state index >= 15 is 0 Å². The van der Waals surface area contributed by atoms with Crippen LogP contribution in [0.2, 0.25) is 5.28 Å². The third-order valence-corrected chi connectivity index (χ3v) is 3.29. The summed E-state index contributed by atoms with van der Waals surface area (Å²) in [7, 11) is 0. The van der Waals surface area contributed by atoms with E-state index in [1.165, 1.54) is 5.56 Å². The molecule has 0 saturated carbocycles. The van der Waals surface area contributed by atoms with Gasteiger partial charge in [0.25, 0.3) is 0 Å². The molecule has 5 nitrogen and oxygen atoms in total. The molecule has 0 bridgehead atoms. The van der Waals surface area contributed by atoms with E-state index in [1.54, 1.807) is 6.20 Å². The van der Waals surface area contributed by atoms with Gasteiger partial charge < -0.3 is 5.32 Å². The van der Waals surface area contributed by atoms with Crippen LogP contribution in [-0.4, -0.2) is 20.2 Å². The monoisotopic (exact) mass is 287 g/mol. The second-order valence-corrected chi connectivity index (χ2v) is 5.21. The Morgan fingerprint density at radius 3 is 2.60 bits per heavy atom. The number of fused-ring (bicyclic) bond motifs is 1. The average Bonchev–Trinajstić information content (AvgIpc) is 2.87. The van der Waals surface area contributed by atoms with Crippen LogP contribution in [0.5, 0.6) is 0 Å². The first-order chi connectivity index (χ1) is 9.63. The molecule has 2 aromatic heterocycles. The van der Waals surface area contributed by atoms with E-state index < -0.39 is 0 Å². The normalized spacial score (nSPS) is 11.2. The zero-order valence-electron chi connectivity index (χ0n) is 11.2. The van der Waals surface area contributed by atoms with Crippen molar-refractivity contribution in [2.75, 3.05) is 5.32 Å². The third kappa shape index (κ3) is 2.44. The Hall–Kier alpha value is -2.14. The molecule has 0 fully saturated rings. The van der Waals surface area contributed by atoms with E-state index in [0.717, 1.165) is 11.1 Å². The number of anilines is 2. The molecule has 1 aromatic carbocycles. The average molecular weight is 288 g/mol. The number of rotatable bonds is 3. The summed E-state index contributed by atoms with van der Waals surface area (Å²) in [5.74, 6) is 1.16. The highest BCUT2D eigenvalue weighted by molar-refractivity contribution is 6.28. The molecule has 0 atom stereocenters. The van der Waals surface area contributed by atoms with Gasteiger partial charge in [0.15, 0.2) is 5.65 Å². The number of nitrogens with one attached hydrogen (secondary N) is 2. The van der Waals surface area contributed by atoms with Crippen LogP contribution >= 0.6 is 11.6 Å². The zero-order valence-corrected chi connectivity index (χ0v) is 11.9. The van der Waals surface area contributed by atoms with Gasteiger partial charge in [0.05, 0.1) is 11.6 Å². The third-order valence-electron chi connectivity index (χ3n) is 3.12. The number of benzene rings is 1. The highest BCUT2D eigenvalue weighted by Gasteiger charge is 2.08. The summed E-state index contributed by atoms with van der Waals surface area (Å²) in [6, 6.07) is 8.25. The van der Waals surface area contributed by atoms with Gasteiger partial charge in [0.2, 0.25) is 5.28 Å². The van der Waals surface area contributed by atoms with Crippen LogP contribution in [0, 0.1) is 0 Å². The first-order valence-electron chi connectivity index (χ1n) is 6.37. The molecule has 0 aliphatic heterocycles. The van der Waals surface area contributed by atoms with Crippen LogP contribution in [0.3, 0.4) is 0 Å². The minimum absolute atomic E-state index is 0.183. The Morgan fingerprint density at radius 2 is 1.90 bits per heavy atom. The lowest BCUT2D eigenvalue weighted by Gasteiger charge is -2.09. The predicted molar refractivity (Wildman–Crippen MR) is 80.5 cm³/mol. The van der Waals surface area contributed by atoms with Crippen LogP contribution in [0.15, 0.2) is 30.5 Å². The fourth-order valence-corrected chi connectivity index (χ4v) is 2.16. The maximum absolute atomic E-state index is 5.90. The van der Waals surface area contributed by atoms with Gasteiger partial charge >= 0.3 is 0 Å². The molecule has 0 spiro atoms. The van der Waals surface area contributed by atoms with Crippen molar-refractivity contribution in [2.45, 2.75) is 19.8 Å². The fourth-order valence-electron chi connectivity index (χ4n) is 1.99. The number of hydrogen-bond acceptors (Lipinski definition) is 4. The summed E-state index contributed by atoms with van der Waals surface area (Å²) >= 11 is 5.90. The van der Waals surface area contributed by atoms with Gasteiger partial charge in [-0.25, -0.2) is 0 Å². The van der Waals surface area contributed by atoms with Crippen molar-refractivity contribution in [1.29, 1.82) is 0 Å². The summed E-state index contributed by atoms with van der Waals surface area (Å²) in [5.41, 5.74) is 2.86. The number of aromatic amines is 1. The van der Waals surface area contributed by atoms with Crippen molar-refractivity contribution in [2.24, 2.45) is 0 Å². The van der Waals surface area contributed by atoms with E-state index in [4.69, 9.17) is 11.6 Å². The predicted octanol–water partition coefficient (Wildman–Crippen LogP) is 3.87. The molecule has 0 aliphatic rings. The minimum atomic E-state index is 0.183. The maximum atomic E-state index is 5.90. The summed E-state index contributed by atoms with van der Waals surface area (Å²) in [4.78, 5) is 8.28. The maximum Gasteiger partial charge on any atom is 0.226 e. The number of hydrogen-bond donors (Lipinski definition) is 2. The van der Waals surface area contributed by atoms with Crippen LogP contribution in [0.25, 0.3) is 11.0 Å². The molecule has 0 amide bonds. The van der Waals surface area contributed by atoms with Gasteiger partial charge in [-0.2, -0.15) is 15.1 Å². The lowest BCUT2D eigenvalue weighted by molar-refractivity contribution is 0.867. The quantitative estimate of drug-likeness (QED) is 0.718. The second-order valence-electron chi connectivity index (χ2n) is 4.88. The van der Waals surface area contributed by atoms with Crippen molar-refractivity contribution in [1.82, 2.24) is 20.2 Å². The highest BCUT2D eigenvalue weighted by atomic mass is 35.5. The highest BCUT2D eigenvalue weighted by Crippen LogP contribution is 2.25. The number of halogens is 1. The number of aromatic nitrogens is 4. The summed E-state index contributed by atoms with van der Waals surface area (Å²) in [5, 5.41) is 11.0. The number of H-pyrrole nitrogens is 1. The lowest BCUT2D eigenvalue weighted by atomic mass is 10.0. The molecule has 102 valence electrons. The smallest absolute Gasteiger partial charge is 0.226 e. The molecule has 0 radical (unpaired) electrons. The lowest BCUT2D eigenvalue weighted by Crippen LogP contribution is -1.97. The van der Waals surface area contributed by atoms with Gasteiger partial charge in [0.1, 0.15) is 5.82 Å². The zero-order chi connectivity index (χ0) is 14.1. The topological polar surface area (TPSA) is 66.5 Å². The molecule has 2 N–H and O–H groups in total. The van der Waals surface area contributed by atoms with Gasteiger partial charge in [-0.05, 0) is 35.2 Å². The van der Waals surface area contributed by atoms with E-state index in [9.17, 15) is 0 Å². The molecular formula is C14H14ClN5. The Bertz CT molecular complexity index is 733. The van der Waals surface area contributed by atoms with Crippen molar-refractivity contribution in [3.8, 4) is 0 Å². The molecule has 3 aromatic rings. The molecule has 20 heavy (non-hydrogen) atoms. The summed E-state index contributed by atoms with van der Waals surface area (Å²) < 4.78 is 0. The Kier molecular flexibility index (Phi) is 3.28. The van der Waals surface area contributed by atoms with Crippen LogP contribution in [-0.2, 0) is 0 Å². The summed E-state index contributed by atoms with van der Waals surface area (Å²) in [6.07, 6.45) is 1.68.